The Kier molecular flexibility index (Phi) is 14.5. The first kappa shape index (κ1) is 37.6. The molecule has 1 heterocycles. The number of hydrogen-bond acceptors (Lipinski definition) is 10. The van der Waals surface area contributed by atoms with Crippen molar-refractivity contribution in [3.63, 3.8) is 0 Å². The minimum absolute atomic E-state index is 0.0212. The number of methoxy groups -OCH3 is 1. The summed E-state index contributed by atoms with van der Waals surface area (Å²) < 4.78 is 9.87. The lowest BCUT2D eigenvalue weighted by molar-refractivity contribution is -0.149. The average Bonchev–Trinajstić information content (AvgIpc) is 3.59. The Balaban J connectivity index is 1.66. The molecule has 6 N–H and O–H groups in total. The van der Waals surface area contributed by atoms with Crippen molar-refractivity contribution in [3.8, 4) is 0 Å². The molecule has 1 aliphatic heterocycles. The molecular formula is C34H45N5O9. The summed E-state index contributed by atoms with van der Waals surface area (Å²) >= 11 is 0. The van der Waals surface area contributed by atoms with E-state index >= 15 is 0 Å². The van der Waals surface area contributed by atoms with Crippen molar-refractivity contribution in [1.82, 2.24) is 20.9 Å². The molecule has 48 heavy (non-hydrogen) atoms. The van der Waals surface area contributed by atoms with Crippen molar-refractivity contribution >= 4 is 35.7 Å². The van der Waals surface area contributed by atoms with Gasteiger partial charge in [-0.15, -0.1) is 0 Å². The van der Waals surface area contributed by atoms with Gasteiger partial charge in [0.1, 0.15) is 18.7 Å². The number of nitrogens with one attached hydrogen (secondary N) is 3. The van der Waals surface area contributed by atoms with Gasteiger partial charge in [0.15, 0.2) is 6.10 Å². The molecule has 0 aromatic heterocycles. The average molecular weight is 668 g/mol. The fourth-order valence-corrected chi connectivity index (χ4v) is 5.31. The quantitative estimate of drug-likeness (QED) is 0.170. The van der Waals surface area contributed by atoms with Gasteiger partial charge in [0.05, 0.1) is 25.6 Å². The van der Waals surface area contributed by atoms with E-state index in [1.807, 2.05) is 12.2 Å². The van der Waals surface area contributed by atoms with E-state index < -0.39 is 72.4 Å². The van der Waals surface area contributed by atoms with Gasteiger partial charge in [-0.2, -0.15) is 0 Å². The van der Waals surface area contributed by atoms with Gasteiger partial charge in [-0.3, -0.25) is 24.5 Å². The second-order valence-corrected chi connectivity index (χ2v) is 11.8. The number of imide groups is 1. The van der Waals surface area contributed by atoms with E-state index in [1.54, 1.807) is 67.6 Å². The highest BCUT2D eigenvalue weighted by Crippen LogP contribution is 2.21. The largest absolute Gasteiger partial charge is 0.467 e. The molecule has 0 bridgehead atoms. The maximum absolute atomic E-state index is 13.7. The minimum atomic E-state index is -1.79. The van der Waals surface area contributed by atoms with Crippen LogP contribution in [-0.2, 0) is 46.5 Å². The zero-order chi connectivity index (χ0) is 35.2. The van der Waals surface area contributed by atoms with Crippen LogP contribution in [0, 0.1) is 5.92 Å². The molecule has 260 valence electrons. The second-order valence-electron chi connectivity index (χ2n) is 11.8. The summed E-state index contributed by atoms with van der Waals surface area (Å²) in [4.78, 5) is 78.2. The molecule has 2 aromatic rings. The van der Waals surface area contributed by atoms with Crippen molar-refractivity contribution in [2.45, 2.75) is 82.8 Å². The fourth-order valence-electron chi connectivity index (χ4n) is 5.31. The predicted octanol–water partition coefficient (Wildman–Crippen LogP) is 0.940. The highest BCUT2D eigenvalue weighted by Gasteiger charge is 2.41. The Morgan fingerprint density at radius 2 is 1.60 bits per heavy atom. The number of likely N-dealkylation sites (tertiary alicyclic amines) is 1. The highest BCUT2D eigenvalue weighted by molar-refractivity contribution is 5.96. The molecule has 14 nitrogen and oxygen atoms in total. The van der Waals surface area contributed by atoms with Gasteiger partial charge in [0, 0.05) is 6.54 Å². The van der Waals surface area contributed by atoms with Gasteiger partial charge < -0.3 is 35.8 Å². The lowest BCUT2D eigenvalue weighted by atomic mass is 9.98. The summed E-state index contributed by atoms with van der Waals surface area (Å²) in [6.45, 7) is 3.77. The molecule has 2 aromatic carbocycles. The lowest BCUT2D eigenvalue weighted by Gasteiger charge is -2.32. The molecule has 1 aliphatic rings. The third-order valence-electron chi connectivity index (χ3n) is 8.26. The third-order valence-corrected chi connectivity index (χ3v) is 8.26. The SMILES string of the molecule is CC[C@H](C)[C@H](NC(=O)[C@@H]1CCCN1C(=O)C(O)C(Cc1ccccc1)NC(=O)[C@@H](N)CC(=O)NC(=O)OCc1ccccc1)C(=O)OC. The maximum atomic E-state index is 13.7. The molecular weight excluding hydrogens is 622 g/mol. The third kappa shape index (κ3) is 10.9. The number of ether oxygens (including phenoxy) is 2. The molecule has 1 fully saturated rings. The van der Waals surface area contributed by atoms with Gasteiger partial charge in [-0.1, -0.05) is 80.9 Å². The van der Waals surface area contributed by atoms with Crippen molar-refractivity contribution in [2.24, 2.45) is 11.7 Å². The van der Waals surface area contributed by atoms with Crippen molar-refractivity contribution in [2.75, 3.05) is 13.7 Å². The number of benzene rings is 2. The molecule has 6 atom stereocenters. The molecule has 0 aliphatic carbocycles. The Hall–Kier alpha value is -4.82. The van der Waals surface area contributed by atoms with Crippen molar-refractivity contribution < 1.29 is 43.3 Å². The summed E-state index contributed by atoms with van der Waals surface area (Å²) in [6, 6.07) is 13.1. The van der Waals surface area contributed by atoms with Crippen LogP contribution in [0.2, 0.25) is 0 Å². The Morgan fingerprint density at radius 3 is 2.21 bits per heavy atom. The molecule has 0 radical (unpaired) electrons. The van der Waals surface area contributed by atoms with E-state index in [-0.39, 0.29) is 25.5 Å². The standard InChI is InChI=1S/C34H45N5O9/c1-4-21(2)28(33(45)47-3)38-31(43)26-16-11-17-39(26)32(44)29(41)25(18-22-12-7-5-8-13-22)36-30(42)24(35)19-27(40)37-34(46)48-20-23-14-9-6-10-15-23/h5-10,12-15,21,24-26,28-29,41H,4,11,16-20,35H2,1-3H3,(H,36,42)(H,38,43)(H,37,40,46)/t21-,24-,25?,26-,28-,29?/m0/s1. The monoisotopic (exact) mass is 667 g/mol. The molecule has 5 amide bonds. The zero-order valence-corrected chi connectivity index (χ0v) is 27.4. The number of amides is 5. The smallest absolute Gasteiger partial charge is 0.414 e. The fraction of sp³-hybridized carbons (Fsp3) is 0.471. The zero-order valence-electron chi connectivity index (χ0n) is 27.4. The molecule has 3 rings (SSSR count). The van der Waals surface area contributed by atoms with E-state index in [9.17, 15) is 33.9 Å². The lowest BCUT2D eigenvalue weighted by Crippen LogP contribution is -2.58. The normalized spacial score (nSPS) is 17.2. The first-order valence-electron chi connectivity index (χ1n) is 15.9. The van der Waals surface area contributed by atoms with Gasteiger partial charge in [-0.05, 0) is 36.3 Å². The Labute approximate surface area is 279 Å². The van der Waals surface area contributed by atoms with Gasteiger partial charge >= 0.3 is 12.1 Å². The number of aliphatic hydroxyl groups is 1. The van der Waals surface area contributed by atoms with Crippen LogP contribution in [0.25, 0.3) is 0 Å². The molecule has 0 saturated carbocycles. The number of carbonyl (C=O) groups is 6. The first-order chi connectivity index (χ1) is 22.9. The Bertz CT molecular complexity index is 1410. The first-order valence-corrected chi connectivity index (χ1v) is 15.9. The minimum Gasteiger partial charge on any atom is -0.467 e. The van der Waals surface area contributed by atoms with Gasteiger partial charge in [0.25, 0.3) is 5.91 Å². The number of nitrogens with zero attached hydrogens (tertiary/aromatic N) is 1. The second kappa shape index (κ2) is 18.5. The van der Waals surface area contributed by atoms with E-state index in [0.717, 1.165) is 0 Å². The molecule has 14 heteroatoms. The molecule has 1 saturated heterocycles. The van der Waals surface area contributed by atoms with Gasteiger partial charge in [0.2, 0.25) is 17.7 Å². The van der Waals surface area contributed by atoms with E-state index in [0.29, 0.717) is 30.4 Å². The van der Waals surface area contributed by atoms with Crippen LogP contribution in [0.5, 0.6) is 0 Å². The van der Waals surface area contributed by atoms with Gasteiger partial charge in [-0.25, -0.2) is 9.59 Å². The summed E-state index contributed by atoms with van der Waals surface area (Å²) in [7, 11) is 1.23. The van der Waals surface area contributed by atoms with Crippen LogP contribution >= 0.6 is 0 Å². The topological polar surface area (TPSA) is 206 Å². The Morgan fingerprint density at radius 1 is 0.979 bits per heavy atom. The van der Waals surface area contributed by atoms with Crippen molar-refractivity contribution in [3.05, 3.63) is 71.8 Å². The number of nitrogens with two attached hydrogens (primary N) is 1. The van der Waals surface area contributed by atoms with Crippen LogP contribution in [0.3, 0.4) is 0 Å². The maximum Gasteiger partial charge on any atom is 0.414 e. The summed E-state index contributed by atoms with van der Waals surface area (Å²) in [5.74, 6) is -3.88. The number of hydrogen-bond donors (Lipinski definition) is 5. The summed E-state index contributed by atoms with van der Waals surface area (Å²) in [6.07, 6.45) is -1.98. The van der Waals surface area contributed by atoms with Crippen molar-refractivity contribution in [1.29, 1.82) is 0 Å². The van der Waals surface area contributed by atoms with E-state index in [2.05, 4.69) is 10.6 Å². The van der Waals surface area contributed by atoms with Crippen LogP contribution in [0.15, 0.2) is 60.7 Å². The molecule has 2 unspecified atom stereocenters. The number of esters is 1. The molecule has 0 spiro atoms. The number of rotatable bonds is 15. The van der Waals surface area contributed by atoms with E-state index in [4.69, 9.17) is 15.2 Å². The predicted molar refractivity (Wildman–Crippen MR) is 174 cm³/mol. The number of aliphatic hydroxyl groups excluding tert-OH is 1. The van der Waals surface area contributed by atoms with E-state index in [1.165, 1.54) is 12.0 Å². The summed E-state index contributed by atoms with van der Waals surface area (Å²) in [5.41, 5.74) is 7.39. The van der Waals surface area contributed by atoms with Crippen LogP contribution in [0.1, 0.15) is 50.7 Å². The van der Waals surface area contributed by atoms with Crippen LogP contribution < -0.4 is 21.7 Å². The number of alkyl carbamates (subject to hydrolysis) is 1. The van der Waals surface area contributed by atoms with Crippen LogP contribution in [-0.4, -0.2) is 89.6 Å². The summed E-state index contributed by atoms with van der Waals surface area (Å²) in [5, 5.41) is 18.6. The highest BCUT2D eigenvalue weighted by atomic mass is 16.5. The van der Waals surface area contributed by atoms with Crippen LogP contribution in [0.4, 0.5) is 4.79 Å². The number of carbonyl (C=O) groups excluding carboxylic acids is 6.